The minimum atomic E-state index is -0.859. The number of benzene rings is 1. The van der Waals surface area contributed by atoms with Crippen LogP contribution in [0.3, 0.4) is 0 Å². The van der Waals surface area contributed by atoms with Crippen LogP contribution in [-0.4, -0.2) is 16.2 Å². The molecule has 0 unspecified atom stereocenters. The molecule has 0 aliphatic heterocycles. The second kappa shape index (κ2) is 4.16. The summed E-state index contributed by atoms with van der Waals surface area (Å²) in [5.41, 5.74) is 1.95. The van der Waals surface area contributed by atoms with E-state index in [0.717, 1.165) is 11.1 Å². The molecular weight excluding hydrogens is 204 g/mol. The molecule has 3 heteroatoms. The Morgan fingerprint density at radius 1 is 1.31 bits per heavy atom. The monoisotopic (exact) mass is 222 g/mol. The Morgan fingerprint density at radius 3 is 2.38 bits per heavy atom. The third-order valence-electron chi connectivity index (χ3n) is 3.02. The number of hydrogen-bond acceptors (Lipinski definition) is 2. The number of carboxylic acid groups (broad SMARTS) is 1. The van der Waals surface area contributed by atoms with Crippen molar-refractivity contribution in [3.05, 3.63) is 28.8 Å². The Kier molecular flexibility index (Phi) is 3.27. The first-order chi connectivity index (χ1) is 7.25. The van der Waals surface area contributed by atoms with Gasteiger partial charge in [0, 0.05) is 11.0 Å². The van der Waals surface area contributed by atoms with E-state index in [-0.39, 0.29) is 12.2 Å². The van der Waals surface area contributed by atoms with Crippen molar-refractivity contribution in [2.24, 2.45) is 0 Å². The van der Waals surface area contributed by atoms with E-state index in [1.165, 1.54) is 0 Å². The molecule has 0 saturated heterocycles. The van der Waals surface area contributed by atoms with Crippen molar-refractivity contribution >= 4 is 5.97 Å². The van der Waals surface area contributed by atoms with Crippen LogP contribution >= 0.6 is 0 Å². The van der Waals surface area contributed by atoms with Crippen molar-refractivity contribution in [1.29, 1.82) is 0 Å². The van der Waals surface area contributed by atoms with Gasteiger partial charge in [0.25, 0.3) is 0 Å². The van der Waals surface area contributed by atoms with Crippen molar-refractivity contribution in [2.45, 2.75) is 39.5 Å². The number of aliphatic carboxylic acids is 1. The quantitative estimate of drug-likeness (QED) is 0.826. The van der Waals surface area contributed by atoms with Gasteiger partial charge in [0.2, 0.25) is 0 Å². The van der Waals surface area contributed by atoms with Crippen LogP contribution < -0.4 is 0 Å². The van der Waals surface area contributed by atoms with E-state index in [0.29, 0.717) is 5.56 Å². The van der Waals surface area contributed by atoms with E-state index in [1.54, 1.807) is 6.07 Å². The summed E-state index contributed by atoms with van der Waals surface area (Å²) in [5.74, 6) is -0.645. The zero-order valence-electron chi connectivity index (χ0n) is 10.2. The summed E-state index contributed by atoms with van der Waals surface area (Å²) < 4.78 is 0. The predicted octanol–water partition coefficient (Wildman–Crippen LogP) is 2.76. The van der Waals surface area contributed by atoms with Gasteiger partial charge in [0.15, 0.2) is 0 Å². The molecular formula is C13H18O3. The lowest BCUT2D eigenvalue weighted by molar-refractivity contribution is -0.138. The third kappa shape index (κ3) is 2.35. The van der Waals surface area contributed by atoms with Gasteiger partial charge in [-0.1, -0.05) is 26.0 Å². The topological polar surface area (TPSA) is 57.5 Å². The van der Waals surface area contributed by atoms with Crippen molar-refractivity contribution in [3.63, 3.8) is 0 Å². The molecule has 1 aromatic rings. The lowest BCUT2D eigenvalue weighted by Crippen LogP contribution is -2.22. The summed E-state index contributed by atoms with van der Waals surface area (Å²) in [6.07, 6.45) is 0.00304. The SMILES string of the molecule is Cc1ccc(C(C)(C)CC(=O)O)c(O)c1C. The highest BCUT2D eigenvalue weighted by atomic mass is 16.4. The molecule has 3 nitrogen and oxygen atoms in total. The van der Waals surface area contributed by atoms with Gasteiger partial charge in [0.1, 0.15) is 5.75 Å². The highest BCUT2D eigenvalue weighted by molar-refractivity contribution is 5.69. The molecule has 0 atom stereocenters. The lowest BCUT2D eigenvalue weighted by atomic mass is 9.80. The normalized spacial score (nSPS) is 11.5. The average molecular weight is 222 g/mol. The molecule has 0 spiro atoms. The number of carboxylic acids is 1. The fourth-order valence-corrected chi connectivity index (χ4v) is 1.82. The second-order valence-corrected chi connectivity index (χ2v) is 4.86. The molecule has 16 heavy (non-hydrogen) atoms. The van der Waals surface area contributed by atoms with Crippen molar-refractivity contribution in [1.82, 2.24) is 0 Å². The van der Waals surface area contributed by atoms with Crippen LogP contribution in [0.1, 0.15) is 37.0 Å². The molecule has 0 bridgehead atoms. The summed E-state index contributed by atoms with van der Waals surface area (Å²) in [5, 5.41) is 18.9. The van der Waals surface area contributed by atoms with Gasteiger partial charge in [-0.05, 0) is 25.0 Å². The minimum Gasteiger partial charge on any atom is -0.507 e. The van der Waals surface area contributed by atoms with Crippen LogP contribution in [0, 0.1) is 13.8 Å². The van der Waals surface area contributed by atoms with E-state index in [1.807, 2.05) is 33.8 Å². The van der Waals surface area contributed by atoms with Crippen LogP contribution in [0.5, 0.6) is 5.75 Å². The largest absolute Gasteiger partial charge is 0.507 e. The van der Waals surface area contributed by atoms with Crippen LogP contribution in [0.25, 0.3) is 0 Å². The van der Waals surface area contributed by atoms with Crippen molar-refractivity contribution in [2.75, 3.05) is 0 Å². The Balaban J connectivity index is 3.23. The number of phenolic OH excluding ortho intramolecular Hbond substituents is 1. The van der Waals surface area contributed by atoms with Crippen LogP contribution in [0.2, 0.25) is 0 Å². The van der Waals surface area contributed by atoms with Gasteiger partial charge in [-0.15, -0.1) is 0 Å². The predicted molar refractivity (Wildman–Crippen MR) is 62.9 cm³/mol. The first-order valence-corrected chi connectivity index (χ1v) is 5.27. The number of hydrogen-bond donors (Lipinski definition) is 2. The van der Waals surface area contributed by atoms with E-state index >= 15 is 0 Å². The zero-order chi connectivity index (χ0) is 12.5. The summed E-state index contributed by atoms with van der Waals surface area (Å²) >= 11 is 0. The fraction of sp³-hybridized carbons (Fsp3) is 0.462. The van der Waals surface area contributed by atoms with Gasteiger partial charge in [-0.2, -0.15) is 0 Å². The molecule has 0 aromatic heterocycles. The molecule has 1 rings (SSSR count). The smallest absolute Gasteiger partial charge is 0.304 e. The number of phenols is 1. The zero-order valence-corrected chi connectivity index (χ0v) is 10.2. The lowest BCUT2D eigenvalue weighted by Gasteiger charge is -2.25. The molecule has 2 N–H and O–H groups in total. The summed E-state index contributed by atoms with van der Waals surface area (Å²) in [7, 11) is 0. The average Bonchev–Trinajstić information content (AvgIpc) is 2.11. The van der Waals surface area contributed by atoms with Crippen LogP contribution in [0.15, 0.2) is 12.1 Å². The molecule has 1 aromatic carbocycles. The molecule has 0 saturated carbocycles. The molecule has 0 heterocycles. The van der Waals surface area contributed by atoms with Gasteiger partial charge < -0.3 is 10.2 Å². The number of carbonyl (C=O) groups is 1. The maximum atomic E-state index is 10.8. The second-order valence-electron chi connectivity index (χ2n) is 4.86. The minimum absolute atomic E-state index is 0.00304. The summed E-state index contributed by atoms with van der Waals surface area (Å²) in [6, 6.07) is 3.72. The van der Waals surface area contributed by atoms with E-state index in [4.69, 9.17) is 5.11 Å². The number of aromatic hydroxyl groups is 1. The van der Waals surface area contributed by atoms with Crippen molar-refractivity contribution in [3.8, 4) is 5.75 Å². The fourth-order valence-electron chi connectivity index (χ4n) is 1.82. The van der Waals surface area contributed by atoms with E-state index < -0.39 is 11.4 Å². The Bertz CT molecular complexity index is 419. The van der Waals surface area contributed by atoms with E-state index in [9.17, 15) is 9.90 Å². The molecule has 0 aliphatic rings. The number of rotatable bonds is 3. The van der Waals surface area contributed by atoms with Gasteiger partial charge >= 0.3 is 5.97 Å². The maximum Gasteiger partial charge on any atom is 0.304 e. The summed E-state index contributed by atoms with van der Waals surface area (Å²) in [4.78, 5) is 10.8. The standard InChI is InChI=1S/C13H18O3/c1-8-5-6-10(12(16)9(8)2)13(3,4)7-11(14)15/h5-6,16H,7H2,1-4H3,(H,14,15). The highest BCUT2D eigenvalue weighted by Gasteiger charge is 2.27. The van der Waals surface area contributed by atoms with E-state index in [2.05, 4.69) is 0 Å². The van der Waals surface area contributed by atoms with Gasteiger partial charge in [-0.3, -0.25) is 4.79 Å². The van der Waals surface area contributed by atoms with Crippen molar-refractivity contribution < 1.29 is 15.0 Å². The Morgan fingerprint density at radius 2 is 1.88 bits per heavy atom. The summed E-state index contributed by atoms with van der Waals surface area (Å²) in [6.45, 7) is 7.41. The third-order valence-corrected chi connectivity index (χ3v) is 3.02. The van der Waals surface area contributed by atoms with Gasteiger partial charge in [0.05, 0.1) is 6.42 Å². The molecule has 0 aliphatic carbocycles. The molecule has 88 valence electrons. The first kappa shape index (κ1) is 12.6. The van der Waals surface area contributed by atoms with Gasteiger partial charge in [-0.25, -0.2) is 0 Å². The molecule has 0 amide bonds. The highest BCUT2D eigenvalue weighted by Crippen LogP contribution is 2.36. The Hall–Kier alpha value is -1.51. The Labute approximate surface area is 95.7 Å². The number of aryl methyl sites for hydroxylation is 1. The van der Waals surface area contributed by atoms with Crippen LogP contribution in [-0.2, 0) is 10.2 Å². The first-order valence-electron chi connectivity index (χ1n) is 5.27. The maximum absolute atomic E-state index is 10.8. The van der Waals surface area contributed by atoms with Crippen LogP contribution in [0.4, 0.5) is 0 Å². The molecule has 0 radical (unpaired) electrons. The molecule has 0 fully saturated rings.